The van der Waals surface area contributed by atoms with Crippen LogP contribution in [-0.4, -0.2) is 130 Å². The summed E-state index contributed by atoms with van der Waals surface area (Å²) in [5.74, 6) is -0.413. The zero-order valence-electron chi connectivity index (χ0n) is 80.9. The van der Waals surface area contributed by atoms with Gasteiger partial charge in [0.05, 0.1) is 24.3 Å². The van der Waals surface area contributed by atoms with Crippen LogP contribution >= 0.6 is 0 Å². The molecule has 0 aliphatic heterocycles. The van der Waals surface area contributed by atoms with E-state index in [1.807, 2.05) is 155 Å². The topological polar surface area (TPSA) is 288 Å². The molecule has 0 bridgehead atoms. The molecule has 0 saturated carbocycles. The van der Waals surface area contributed by atoms with Crippen molar-refractivity contribution in [2.24, 2.45) is 0 Å². The van der Waals surface area contributed by atoms with E-state index in [2.05, 4.69) is 136 Å². The maximum atomic E-state index is 13.9. The van der Waals surface area contributed by atoms with Crippen LogP contribution in [0.4, 0.5) is 0 Å². The Bertz CT molecular complexity index is 4050. The van der Waals surface area contributed by atoms with E-state index in [0.717, 1.165) is 28.7 Å². The lowest BCUT2D eigenvalue weighted by Gasteiger charge is -2.37. The summed E-state index contributed by atoms with van der Waals surface area (Å²) in [6.45, 7) is 77.0. The first-order valence-corrected chi connectivity index (χ1v) is 69.9. The number of nitriles is 4. The van der Waals surface area contributed by atoms with Gasteiger partial charge in [0, 0.05) is 62.1 Å². The van der Waals surface area contributed by atoms with Crippen molar-refractivity contribution in [3.8, 4) is 24.3 Å². The molecule has 125 heavy (non-hydrogen) atoms. The second-order valence-electron chi connectivity index (χ2n) is 39.1. The number of Topliss-reactive ketones (excluding diaryl/α,β-unsaturated/α-hetero) is 5. The van der Waals surface area contributed by atoms with Crippen LogP contribution in [0.25, 0.3) is 0 Å². The Morgan fingerprint density at radius 2 is 0.488 bits per heavy atom. The Kier molecular flexibility index (Phi) is 49.5. The number of aldehydes is 2. The highest BCUT2D eigenvalue weighted by molar-refractivity contribution is 6.72. The van der Waals surface area contributed by atoms with Crippen LogP contribution in [0, 0.1) is 45.3 Å². The molecule has 0 N–H and O–H groups in total. The van der Waals surface area contributed by atoms with Crippen LogP contribution in [0.5, 0.6) is 0 Å². The molecule has 0 fully saturated rings. The summed E-state index contributed by atoms with van der Waals surface area (Å²) in [4.78, 5) is 86.1. The van der Waals surface area contributed by atoms with Gasteiger partial charge in [-0.3, -0.25) is 28.8 Å². The molecule has 8 atom stereocenters. The first-order valence-electron chi connectivity index (χ1n) is 42.7. The van der Waals surface area contributed by atoms with Gasteiger partial charge in [-0.15, -0.1) is 32.9 Å². The highest BCUT2D eigenvalue weighted by atomic mass is 28.4. The van der Waals surface area contributed by atoms with Crippen molar-refractivity contribution in [2.45, 2.75) is 303 Å². The smallest absolute Gasteiger partial charge is 0.193 e. The van der Waals surface area contributed by atoms with Crippen molar-refractivity contribution in [1.82, 2.24) is 0 Å². The number of allylic oxidation sites excluding steroid dienone is 5. The van der Waals surface area contributed by atoms with Crippen LogP contribution in [-0.2, 0) is 40.2 Å². The quantitative estimate of drug-likeness (QED) is 0.0151. The lowest BCUT2D eigenvalue weighted by molar-refractivity contribution is -0.116. The fraction of sp³-hybridized carbons (Fsp3) is 0.480. The molecule has 0 aliphatic carbocycles. The number of ketones is 5. The third-order valence-corrected chi connectivity index (χ3v) is 25.6. The molecule has 0 spiro atoms. The van der Waals surface area contributed by atoms with Gasteiger partial charge >= 0.3 is 0 Å². The minimum Gasteiger partial charge on any atom is -0.405 e. The molecule has 0 heterocycles. The van der Waals surface area contributed by atoms with E-state index in [1.54, 1.807) is 110 Å². The molecule has 27 heteroatoms. The van der Waals surface area contributed by atoms with Gasteiger partial charge < -0.3 is 40.2 Å². The normalized spacial score (nSPS) is 14.5. The molecular weight excluding hydrogens is 1700 g/mol. The Morgan fingerprint density at radius 1 is 0.312 bits per heavy atom. The highest BCUT2D eigenvalue weighted by Crippen LogP contribution is 2.38. The van der Waals surface area contributed by atoms with Crippen LogP contribution in [0.2, 0.25) is 157 Å². The van der Waals surface area contributed by atoms with Gasteiger partial charge in [0.15, 0.2) is 127 Å². The molecule has 5 aromatic carbocycles. The molecule has 682 valence electrons. The summed E-state index contributed by atoms with van der Waals surface area (Å²) in [7, 11) is -15.7. The number of hydrogen-bond acceptors (Lipinski definition) is 19. The predicted octanol–water partition coefficient (Wildman–Crippen LogP) is 26.3. The molecule has 8 unspecified atom stereocenters. The fourth-order valence-electron chi connectivity index (χ4n) is 13.0. The van der Waals surface area contributed by atoms with Gasteiger partial charge in [-0.1, -0.05) is 152 Å². The first-order chi connectivity index (χ1) is 57.5. The van der Waals surface area contributed by atoms with Crippen LogP contribution in [0.1, 0.15) is 208 Å². The van der Waals surface area contributed by atoms with Crippen LogP contribution in [0.3, 0.4) is 0 Å². The lowest BCUT2D eigenvalue weighted by atomic mass is 9.83. The predicted molar refractivity (Wildman–Crippen MR) is 531 cm³/mol. The maximum Gasteiger partial charge on any atom is 0.193 e. The SMILES string of the molecule is C=CCCC(C)(O[Si](C)(C)C)C(=O)c1ccccc1C(=O)C(C)(CCC=C)O[Si](C)(C)C.C=CCCC(C)(O[Si](C)(C)C)C(=O)c1ccccc1C(=O)C(C)(CCC=C)O[Si](C)(C)C.C=CCCC(C)=O.C[Si](C)(C)OC(C#N)c1ccccc1C(C#N)O[Si](C)(C)C.C[Si](C)(C)OC(C#N)c1ccccc1C(C#N)O[Si](C)(C)C.O=Cc1ccccc1C=O. The second-order valence-corrected chi connectivity index (χ2v) is 74.7. The third kappa shape index (κ3) is 44.9. The molecule has 19 nitrogen and oxygen atoms in total. The van der Waals surface area contributed by atoms with Crippen molar-refractivity contribution in [1.29, 1.82) is 21.0 Å². The summed E-state index contributed by atoms with van der Waals surface area (Å²) in [5.41, 5.74) is 1.31. The van der Waals surface area contributed by atoms with Gasteiger partial charge in [-0.05, 0) is 250 Å². The Morgan fingerprint density at radius 3 is 0.624 bits per heavy atom. The van der Waals surface area contributed by atoms with E-state index in [0.29, 0.717) is 104 Å². The summed E-state index contributed by atoms with van der Waals surface area (Å²) < 4.78 is 49.5. The van der Waals surface area contributed by atoms with Gasteiger partial charge in [0.1, 0.15) is 28.2 Å². The van der Waals surface area contributed by atoms with Gasteiger partial charge in [-0.2, -0.15) is 21.0 Å². The maximum absolute atomic E-state index is 13.9. The number of hydrogen-bond donors (Lipinski definition) is 0. The summed E-state index contributed by atoms with van der Waals surface area (Å²) in [5, 5.41) is 37.9. The number of nitrogens with zero attached hydrogens (tertiary/aromatic N) is 4. The minimum atomic E-state index is -2.04. The molecule has 0 aliphatic rings. The molecule has 0 aromatic heterocycles. The zero-order valence-corrected chi connectivity index (χ0v) is 88.9. The van der Waals surface area contributed by atoms with E-state index in [4.69, 9.17) is 35.4 Å². The van der Waals surface area contributed by atoms with Gasteiger partial charge in [0.2, 0.25) is 0 Å². The average molecular weight is 1850 g/mol. The van der Waals surface area contributed by atoms with Crippen LogP contribution < -0.4 is 0 Å². The van der Waals surface area contributed by atoms with E-state index in [9.17, 15) is 54.6 Å². The van der Waals surface area contributed by atoms with Crippen molar-refractivity contribution in [3.05, 3.63) is 240 Å². The molecular formula is C98H148N4O15Si8. The van der Waals surface area contributed by atoms with Gasteiger partial charge in [0.25, 0.3) is 0 Å². The third-order valence-electron chi connectivity index (χ3n) is 17.6. The molecule has 5 aromatic rings. The molecule has 5 rings (SSSR count). The number of benzene rings is 5. The average Bonchev–Trinajstić information content (AvgIpc) is 0.758. The largest absolute Gasteiger partial charge is 0.405 e. The Balaban J connectivity index is 0.00000155. The van der Waals surface area contributed by atoms with E-state index in [1.165, 1.54) is 0 Å². The lowest BCUT2D eigenvalue weighted by Crippen LogP contribution is -2.49. The van der Waals surface area contributed by atoms with Crippen molar-refractivity contribution in [3.63, 3.8) is 0 Å². The van der Waals surface area contributed by atoms with Crippen LogP contribution in [0.15, 0.2) is 185 Å². The van der Waals surface area contributed by atoms with E-state index < -0.39 is 113 Å². The number of carbonyl (C=O) groups excluding carboxylic acids is 7. The molecule has 0 amide bonds. The Labute approximate surface area is 760 Å². The fourth-order valence-corrected chi connectivity index (χ4v) is 22.7. The monoisotopic (exact) mass is 1840 g/mol. The second kappa shape index (κ2) is 53.0. The number of carbonyl (C=O) groups is 7. The van der Waals surface area contributed by atoms with Crippen molar-refractivity contribution >= 4 is 108 Å². The van der Waals surface area contributed by atoms with E-state index in [-0.39, 0.29) is 28.9 Å². The summed E-state index contributed by atoms with van der Waals surface area (Å²) >= 11 is 0. The molecule has 0 radical (unpaired) electrons. The molecule has 0 saturated heterocycles. The van der Waals surface area contributed by atoms with Crippen molar-refractivity contribution < 1.29 is 69.0 Å². The standard InChI is InChI=1S/2C26H42O4Si2.2C16H24N2O2Si2.C8H6O2.C6H10O/c2*1-11-13-19-25(3,29-31(5,6)7)23(27)21-17-15-16-18-22(21)24(28)26(4,20-14-12-2)30-32(8,9)10;2*1-21(2,3)19-15(11-17)13-9-7-8-10-14(13)16(12-18)20-22(4,5)6;9-5-7-3-1-2-4-8(7)6-10;1-3-4-5-6(2)7/h2*11-12,15-18H,1-2,13-14,19-20H2,3-10H3;2*7-10,15-16H,1-6H3;1-6H;3H,1,4-5H2,2H3. The highest BCUT2D eigenvalue weighted by Gasteiger charge is 2.46. The number of rotatable bonds is 45. The van der Waals surface area contributed by atoms with Gasteiger partial charge in [-0.25, -0.2) is 0 Å². The van der Waals surface area contributed by atoms with E-state index >= 15 is 0 Å². The Hall–Kier alpha value is -8.13. The summed E-state index contributed by atoms with van der Waals surface area (Å²) in [6.07, 6.45) is 13.7. The summed E-state index contributed by atoms with van der Waals surface area (Å²) in [6, 6.07) is 44.5. The van der Waals surface area contributed by atoms with Crippen molar-refractivity contribution in [2.75, 3.05) is 0 Å². The zero-order chi connectivity index (χ0) is 96.6. The first kappa shape index (κ1) is 117. The minimum absolute atomic E-state index is 0.162.